The smallest absolute Gasteiger partial charge is 0.276 e. The molecule has 1 amide bonds. The molecule has 1 fully saturated rings. The number of ether oxygens (including phenoxy) is 1. The molecule has 0 bridgehead atoms. The van der Waals surface area contributed by atoms with Gasteiger partial charge in [0, 0.05) is 13.0 Å². The predicted molar refractivity (Wildman–Crippen MR) is 87.9 cm³/mol. The summed E-state index contributed by atoms with van der Waals surface area (Å²) in [5.74, 6) is 1.08. The van der Waals surface area contributed by atoms with Crippen LogP contribution in [0.1, 0.15) is 47.7 Å². The highest BCUT2D eigenvalue weighted by Gasteiger charge is 2.36. The first-order valence-electron chi connectivity index (χ1n) is 8.19. The number of carbonyl (C=O) groups is 1. The standard InChI is InChI=1S/C18H22N2O4/c1-3-5-17-19-15(11-24-17)18(22)20-10-13(21)9-16(20)12-6-4-7-14(8-12)23-2/h4,6-8,11,13,16,21H,3,5,9-10H2,1-2H3/t13-,16+/m1/s1. The van der Waals surface area contributed by atoms with E-state index in [4.69, 9.17) is 9.15 Å². The van der Waals surface area contributed by atoms with Gasteiger partial charge in [0.25, 0.3) is 5.91 Å². The molecule has 2 aromatic rings. The number of likely N-dealkylation sites (tertiary alicyclic amines) is 1. The van der Waals surface area contributed by atoms with Gasteiger partial charge in [0.2, 0.25) is 0 Å². The highest BCUT2D eigenvalue weighted by Crippen LogP contribution is 2.34. The van der Waals surface area contributed by atoms with Gasteiger partial charge in [-0.25, -0.2) is 4.98 Å². The van der Waals surface area contributed by atoms with Gasteiger partial charge in [-0.05, 0) is 30.5 Å². The molecule has 1 saturated heterocycles. The summed E-state index contributed by atoms with van der Waals surface area (Å²) >= 11 is 0. The molecule has 3 rings (SSSR count). The number of hydrogen-bond acceptors (Lipinski definition) is 5. The second kappa shape index (κ2) is 7.05. The summed E-state index contributed by atoms with van der Waals surface area (Å²) in [5, 5.41) is 10.1. The topological polar surface area (TPSA) is 75.8 Å². The fourth-order valence-electron chi connectivity index (χ4n) is 3.09. The third kappa shape index (κ3) is 3.28. The van der Waals surface area contributed by atoms with Crippen LogP contribution in [0.4, 0.5) is 0 Å². The van der Waals surface area contributed by atoms with Gasteiger partial charge in [-0.2, -0.15) is 0 Å². The minimum absolute atomic E-state index is 0.200. The molecule has 24 heavy (non-hydrogen) atoms. The van der Waals surface area contributed by atoms with Crippen LogP contribution in [0.25, 0.3) is 0 Å². The largest absolute Gasteiger partial charge is 0.497 e. The Bertz CT molecular complexity index is 713. The Hall–Kier alpha value is -2.34. The maximum atomic E-state index is 12.8. The molecular weight excluding hydrogens is 308 g/mol. The SMILES string of the molecule is CCCc1nc(C(=O)N2C[C@H](O)C[C@H]2c2cccc(OC)c2)co1. The molecule has 2 heterocycles. The number of aliphatic hydroxyl groups excluding tert-OH is 1. The Labute approximate surface area is 141 Å². The zero-order chi connectivity index (χ0) is 17.1. The summed E-state index contributed by atoms with van der Waals surface area (Å²) < 4.78 is 10.6. The Morgan fingerprint density at radius 1 is 1.50 bits per heavy atom. The normalized spacial score (nSPS) is 20.4. The average Bonchev–Trinajstić information content (AvgIpc) is 3.21. The summed E-state index contributed by atoms with van der Waals surface area (Å²) in [7, 11) is 1.61. The van der Waals surface area contributed by atoms with Crippen LogP contribution in [0.5, 0.6) is 5.75 Å². The molecule has 0 spiro atoms. The van der Waals surface area contributed by atoms with E-state index in [2.05, 4.69) is 4.98 Å². The third-order valence-corrected chi connectivity index (χ3v) is 4.25. The number of hydrogen-bond donors (Lipinski definition) is 1. The molecule has 0 radical (unpaired) electrons. The minimum atomic E-state index is -0.549. The molecule has 1 aliphatic rings. The summed E-state index contributed by atoms with van der Waals surface area (Å²) in [6.45, 7) is 2.32. The van der Waals surface area contributed by atoms with Crippen LogP contribution in [0, 0.1) is 0 Å². The number of rotatable bonds is 5. The van der Waals surface area contributed by atoms with Crippen LogP contribution in [0.3, 0.4) is 0 Å². The lowest BCUT2D eigenvalue weighted by Gasteiger charge is -2.24. The number of oxazole rings is 1. The molecule has 0 aliphatic carbocycles. The zero-order valence-electron chi connectivity index (χ0n) is 13.9. The second-order valence-electron chi connectivity index (χ2n) is 6.02. The fraction of sp³-hybridized carbons (Fsp3) is 0.444. The van der Waals surface area contributed by atoms with Gasteiger partial charge in [-0.1, -0.05) is 19.1 Å². The number of aliphatic hydroxyl groups is 1. The Kier molecular flexibility index (Phi) is 4.85. The van der Waals surface area contributed by atoms with Gasteiger partial charge in [0.1, 0.15) is 12.0 Å². The lowest BCUT2D eigenvalue weighted by atomic mass is 10.0. The summed E-state index contributed by atoms with van der Waals surface area (Å²) in [5.41, 5.74) is 1.23. The number of aromatic nitrogens is 1. The molecule has 1 aromatic carbocycles. The first kappa shape index (κ1) is 16.5. The number of methoxy groups -OCH3 is 1. The number of β-amino-alcohol motifs (C(OH)–C–C–N with tert-alkyl or cyclic N) is 1. The van der Waals surface area contributed by atoms with Crippen molar-refractivity contribution in [2.24, 2.45) is 0 Å². The van der Waals surface area contributed by atoms with Gasteiger partial charge in [-0.3, -0.25) is 4.79 Å². The molecule has 1 N–H and O–H groups in total. The van der Waals surface area contributed by atoms with E-state index >= 15 is 0 Å². The lowest BCUT2D eigenvalue weighted by Crippen LogP contribution is -2.32. The van der Waals surface area contributed by atoms with Crippen molar-refractivity contribution in [1.82, 2.24) is 9.88 Å². The van der Waals surface area contributed by atoms with E-state index in [1.807, 2.05) is 31.2 Å². The van der Waals surface area contributed by atoms with Crippen molar-refractivity contribution in [2.45, 2.75) is 38.3 Å². The molecule has 1 aromatic heterocycles. The van der Waals surface area contributed by atoms with Crippen molar-refractivity contribution in [3.8, 4) is 5.75 Å². The van der Waals surface area contributed by atoms with Crippen LogP contribution in [0.2, 0.25) is 0 Å². The number of carbonyl (C=O) groups excluding carboxylic acids is 1. The monoisotopic (exact) mass is 330 g/mol. The maximum absolute atomic E-state index is 12.8. The van der Waals surface area contributed by atoms with E-state index in [1.165, 1.54) is 6.26 Å². The minimum Gasteiger partial charge on any atom is -0.497 e. The number of aryl methyl sites for hydroxylation is 1. The van der Waals surface area contributed by atoms with Gasteiger partial charge in [0.05, 0.1) is 19.3 Å². The van der Waals surface area contributed by atoms with Gasteiger partial charge >= 0.3 is 0 Å². The molecule has 2 atom stereocenters. The fourth-order valence-corrected chi connectivity index (χ4v) is 3.09. The second-order valence-corrected chi connectivity index (χ2v) is 6.02. The zero-order valence-corrected chi connectivity index (χ0v) is 13.9. The third-order valence-electron chi connectivity index (χ3n) is 4.25. The highest BCUT2D eigenvalue weighted by molar-refractivity contribution is 5.92. The van der Waals surface area contributed by atoms with Crippen molar-refractivity contribution in [1.29, 1.82) is 0 Å². The molecular formula is C18H22N2O4. The highest BCUT2D eigenvalue weighted by atomic mass is 16.5. The number of nitrogens with zero attached hydrogens (tertiary/aromatic N) is 2. The number of amides is 1. The summed E-state index contributed by atoms with van der Waals surface area (Å²) in [4.78, 5) is 18.7. The number of benzene rings is 1. The predicted octanol–water partition coefficient (Wildman–Crippen LogP) is 2.58. The molecule has 6 heteroatoms. The van der Waals surface area contributed by atoms with Gasteiger partial charge in [-0.15, -0.1) is 0 Å². The first-order chi connectivity index (χ1) is 11.6. The average molecular weight is 330 g/mol. The summed E-state index contributed by atoms with van der Waals surface area (Å²) in [6.07, 6.45) is 2.96. The van der Waals surface area contributed by atoms with Gasteiger partial charge in [0.15, 0.2) is 11.6 Å². The first-order valence-corrected chi connectivity index (χ1v) is 8.19. The van der Waals surface area contributed by atoms with Crippen LogP contribution in [0.15, 0.2) is 34.9 Å². The molecule has 0 unspecified atom stereocenters. The Morgan fingerprint density at radius 3 is 3.08 bits per heavy atom. The van der Waals surface area contributed by atoms with Crippen LogP contribution >= 0.6 is 0 Å². The molecule has 1 aliphatic heterocycles. The van der Waals surface area contributed by atoms with Crippen molar-refractivity contribution in [2.75, 3.05) is 13.7 Å². The van der Waals surface area contributed by atoms with E-state index in [-0.39, 0.29) is 18.5 Å². The Morgan fingerprint density at radius 2 is 2.33 bits per heavy atom. The molecule has 128 valence electrons. The van der Waals surface area contributed by atoms with Crippen molar-refractivity contribution >= 4 is 5.91 Å². The van der Waals surface area contributed by atoms with E-state index in [0.717, 1.165) is 17.7 Å². The van der Waals surface area contributed by atoms with E-state index in [0.29, 0.717) is 24.4 Å². The molecule has 0 saturated carbocycles. The maximum Gasteiger partial charge on any atom is 0.276 e. The van der Waals surface area contributed by atoms with Gasteiger partial charge < -0.3 is 19.2 Å². The van der Waals surface area contributed by atoms with Crippen LogP contribution < -0.4 is 4.74 Å². The van der Waals surface area contributed by atoms with E-state index in [1.54, 1.807) is 12.0 Å². The van der Waals surface area contributed by atoms with E-state index in [9.17, 15) is 9.90 Å². The van der Waals surface area contributed by atoms with Crippen molar-refractivity contribution in [3.05, 3.63) is 47.7 Å². The quantitative estimate of drug-likeness (QED) is 0.912. The van der Waals surface area contributed by atoms with Crippen LogP contribution in [-0.2, 0) is 6.42 Å². The van der Waals surface area contributed by atoms with Crippen LogP contribution in [-0.4, -0.2) is 40.7 Å². The van der Waals surface area contributed by atoms with E-state index < -0.39 is 6.10 Å². The summed E-state index contributed by atoms with van der Waals surface area (Å²) in [6, 6.07) is 7.38. The lowest BCUT2D eigenvalue weighted by molar-refractivity contribution is 0.0709. The molecule has 6 nitrogen and oxygen atoms in total. The van der Waals surface area contributed by atoms with Crippen molar-refractivity contribution < 1.29 is 19.1 Å². The van der Waals surface area contributed by atoms with Crippen molar-refractivity contribution in [3.63, 3.8) is 0 Å². The Balaban J connectivity index is 1.85.